The van der Waals surface area contributed by atoms with E-state index in [1.165, 1.54) is 16.1 Å². The average molecular weight is 425 g/mol. The number of piperazine rings is 1. The lowest BCUT2D eigenvalue weighted by atomic mass is 10.2. The van der Waals surface area contributed by atoms with Crippen LogP contribution in [-0.4, -0.2) is 65.6 Å². The molecule has 0 N–H and O–H groups in total. The summed E-state index contributed by atoms with van der Waals surface area (Å²) in [5.74, 6) is 1.87. The van der Waals surface area contributed by atoms with Gasteiger partial charge in [-0.05, 0) is 31.0 Å². The predicted octanol–water partition coefficient (Wildman–Crippen LogP) is 1.76. The molecule has 0 spiro atoms. The fourth-order valence-corrected chi connectivity index (χ4v) is 5.51. The van der Waals surface area contributed by atoms with Crippen LogP contribution in [0.4, 0.5) is 0 Å². The molecule has 28 heavy (non-hydrogen) atoms. The Labute approximate surface area is 169 Å². The van der Waals surface area contributed by atoms with Gasteiger partial charge < -0.3 is 9.42 Å². The molecule has 0 atom stereocenters. The summed E-state index contributed by atoms with van der Waals surface area (Å²) in [6.07, 6.45) is 0. The second-order valence-corrected chi connectivity index (χ2v) is 9.67. The third kappa shape index (κ3) is 4.73. The highest BCUT2D eigenvalue weighted by molar-refractivity contribution is 7.99. The molecule has 1 aromatic heterocycles. The van der Waals surface area contributed by atoms with E-state index in [1.54, 1.807) is 24.8 Å². The third-order valence-corrected chi connectivity index (χ3v) is 7.53. The van der Waals surface area contributed by atoms with Gasteiger partial charge in [0.1, 0.15) is 0 Å². The number of aromatic nitrogens is 2. The van der Waals surface area contributed by atoms with Gasteiger partial charge in [0.05, 0.1) is 16.4 Å². The van der Waals surface area contributed by atoms with Gasteiger partial charge in [-0.25, -0.2) is 8.42 Å². The molecule has 3 rings (SSSR count). The summed E-state index contributed by atoms with van der Waals surface area (Å²) in [4.78, 5) is 18.6. The number of thioether (sulfide) groups is 1. The van der Waals surface area contributed by atoms with Crippen LogP contribution in [0.25, 0.3) is 0 Å². The molecule has 1 fully saturated rings. The van der Waals surface area contributed by atoms with Crippen molar-refractivity contribution in [3.05, 3.63) is 41.0 Å². The molecule has 0 bridgehead atoms. The molecule has 0 unspecified atom stereocenters. The van der Waals surface area contributed by atoms with Crippen molar-refractivity contribution in [3.63, 3.8) is 0 Å². The maximum Gasteiger partial charge on any atom is 0.243 e. The smallest absolute Gasteiger partial charge is 0.243 e. The summed E-state index contributed by atoms with van der Waals surface area (Å²) in [6, 6.07) is 5.43. The van der Waals surface area contributed by atoms with E-state index in [0.29, 0.717) is 54.3 Å². The molecule has 1 aliphatic rings. The molecule has 1 saturated heterocycles. The van der Waals surface area contributed by atoms with Crippen molar-refractivity contribution in [2.24, 2.45) is 0 Å². The second kappa shape index (κ2) is 8.62. The summed E-state index contributed by atoms with van der Waals surface area (Å²) in [7, 11) is -3.55. The molecule has 8 nitrogen and oxygen atoms in total. The normalized spacial score (nSPS) is 15.8. The fraction of sp³-hybridized carbons (Fsp3) is 0.500. The molecule has 0 aliphatic carbocycles. The lowest BCUT2D eigenvalue weighted by Crippen LogP contribution is -2.51. The first-order valence-corrected chi connectivity index (χ1v) is 11.6. The number of carbonyl (C=O) groups is 1. The van der Waals surface area contributed by atoms with Gasteiger partial charge in [0.25, 0.3) is 0 Å². The Hall–Kier alpha value is -1.91. The summed E-state index contributed by atoms with van der Waals surface area (Å²) < 4.78 is 32.3. The standard InChI is InChI=1S/C18H24N4O4S2/c1-13-4-5-14(2)16(10-13)28(24,25)22-8-6-21(7-9-22)18(23)12-27-11-17-19-15(3)26-20-17/h4-5,10H,6-9,11-12H2,1-3H3. The van der Waals surface area contributed by atoms with Gasteiger partial charge in [0.15, 0.2) is 5.82 Å². The number of amides is 1. The van der Waals surface area contributed by atoms with Gasteiger partial charge in [0.2, 0.25) is 21.8 Å². The third-order valence-electron chi connectivity index (χ3n) is 4.58. The highest BCUT2D eigenvalue weighted by Crippen LogP contribution is 2.22. The summed E-state index contributed by atoms with van der Waals surface area (Å²) in [6.45, 7) is 6.79. The fourth-order valence-electron chi connectivity index (χ4n) is 3.02. The van der Waals surface area contributed by atoms with Gasteiger partial charge in [-0.1, -0.05) is 17.3 Å². The van der Waals surface area contributed by atoms with Crippen LogP contribution in [0.15, 0.2) is 27.6 Å². The number of hydrogen-bond acceptors (Lipinski definition) is 7. The Balaban J connectivity index is 1.53. The van der Waals surface area contributed by atoms with E-state index < -0.39 is 10.0 Å². The number of aryl methyl sites for hydroxylation is 3. The molecule has 10 heteroatoms. The van der Waals surface area contributed by atoms with Gasteiger partial charge >= 0.3 is 0 Å². The molecular weight excluding hydrogens is 400 g/mol. The number of hydrogen-bond donors (Lipinski definition) is 0. The zero-order chi connectivity index (χ0) is 20.3. The van der Waals surface area contributed by atoms with Crippen molar-refractivity contribution >= 4 is 27.7 Å². The van der Waals surface area contributed by atoms with E-state index in [2.05, 4.69) is 10.1 Å². The zero-order valence-electron chi connectivity index (χ0n) is 16.2. The zero-order valence-corrected chi connectivity index (χ0v) is 17.8. The summed E-state index contributed by atoms with van der Waals surface area (Å²) >= 11 is 1.42. The van der Waals surface area contributed by atoms with Gasteiger partial charge in [0, 0.05) is 33.1 Å². The van der Waals surface area contributed by atoms with E-state index in [9.17, 15) is 13.2 Å². The highest BCUT2D eigenvalue weighted by Gasteiger charge is 2.31. The highest BCUT2D eigenvalue weighted by atomic mass is 32.2. The molecular formula is C18H24N4O4S2. The minimum atomic E-state index is -3.55. The monoisotopic (exact) mass is 424 g/mol. The molecule has 2 aromatic rings. The van der Waals surface area contributed by atoms with E-state index in [4.69, 9.17) is 4.52 Å². The van der Waals surface area contributed by atoms with Crippen molar-refractivity contribution in [3.8, 4) is 0 Å². The summed E-state index contributed by atoms with van der Waals surface area (Å²) in [5.41, 5.74) is 1.64. The van der Waals surface area contributed by atoms with Crippen LogP contribution in [-0.2, 0) is 20.6 Å². The van der Waals surface area contributed by atoms with Crippen LogP contribution >= 0.6 is 11.8 Å². The molecule has 1 amide bonds. The Kier molecular flexibility index (Phi) is 6.41. The molecule has 0 radical (unpaired) electrons. The maximum atomic E-state index is 13.0. The van der Waals surface area contributed by atoms with Gasteiger partial charge in [-0.3, -0.25) is 4.79 Å². The van der Waals surface area contributed by atoms with Crippen LogP contribution in [0.2, 0.25) is 0 Å². The molecule has 1 aromatic carbocycles. The van der Waals surface area contributed by atoms with Crippen LogP contribution in [0.5, 0.6) is 0 Å². The first kappa shape index (κ1) is 20.8. The van der Waals surface area contributed by atoms with Crippen LogP contribution in [0.1, 0.15) is 22.8 Å². The summed E-state index contributed by atoms with van der Waals surface area (Å²) in [5, 5.41) is 3.80. The number of rotatable bonds is 6. The van der Waals surface area contributed by atoms with Crippen LogP contribution in [0.3, 0.4) is 0 Å². The quantitative estimate of drug-likeness (QED) is 0.697. The number of benzene rings is 1. The maximum absolute atomic E-state index is 13.0. The number of sulfonamides is 1. The largest absolute Gasteiger partial charge is 0.340 e. The van der Waals surface area contributed by atoms with Crippen molar-refractivity contribution < 1.29 is 17.7 Å². The van der Waals surface area contributed by atoms with Crippen molar-refractivity contribution in [2.45, 2.75) is 31.4 Å². The second-order valence-electron chi connectivity index (χ2n) is 6.78. The number of carbonyl (C=O) groups excluding carboxylic acids is 1. The minimum absolute atomic E-state index is 0.00555. The Morgan fingerprint density at radius 2 is 1.89 bits per heavy atom. The topological polar surface area (TPSA) is 96.6 Å². The van der Waals surface area contributed by atoms with E-state index in [1.807, 2.05) is 19.1 Å². The minimum Gasteiger partial charge on any atom is -0.340 e. The Morgan fingerprint density at radius 1 is 1.18 bits per heavy atom. The average Bonchev–Trinajstić information content (AvgIpc) is 3.08. The van der Waals surface area contributed by atoms with Gasteiger partial charge in [-0.2, -0.15) is 9.29 Å². The first-order valence-electron chi connectivity index (χ1n) is 8.99. The van der Waals surface area contributed by atoms with Crippen molar-refractivity contribution in [2.75, 3.05) is 31.9 Å². The van der Waals surface area contributed by atoms with E-state index in [-0.39, 0.29) is 5.91 Å². The predicted molar refractivity (Wildman–Crippen MR) is 106 cm³/mol. The lowest BCUT2D eigenvalue weighted by Gasteiger charge is -2.34. The number of nitrogens with zero attached hydrogens (tertiary/aromatic N) is 4. The van der Waals surface area contributed by atoms with Crippen molar-refractivity contribution in [1.82, 2.24) is 19.3 Å². The van der Waals surface area contributed by atoms with Crippen LogP contribution < -0.4 is 0 Å². The van der Waals surface area contributed by atoms with Crippen molar-refractivity contribution in [1.29, 1.82) is 0 Å². The van der Waals surface area contributed by atoms with E-state index >= 15 is 0 Å². The Morgan fingerprint density at radius 3 is 2.54 bits per heavy atom. The molecule has 0 saturated carbocycles. The van der Waals surface area contributed by atoms with Crippen LogP contribution in [0, 0.1) is 20.8 Å². The molecule has 1 aliphatic heterocycles. The lowest BCUT2D eigenvalue weighted by molar-refractivity contribution is -0.129. The van der Waals surface area contributed by atoms with Gasteiger partial charge in [-0.15, -0.1) is 11.8 Å². The first-order chi connectivity index (χ1) is 13.3. The molecule has 2 heterocycles. The molecule has 152 valence electrons. The van der Waals surface area contributed by atoms with E-state index in [0.717, 1.165) is 11.1 Å². The SMILES string of the molecule is Cc1ccc(C)c(S(=O)(=O)N2CCN(C(=O)CSCc3noc(C)n3)CC2)c1. The Bertz CT molecular complexity index is 950.